The van der Waals surface area contributed by atoms with E-state index < -0.39 is 0 Å². The summed E-state index contributed by atoms with van der Waals surface area (Å²) in [7, 11) is 0. The van der Waals surface area contributed by atoms with Gasteiger partial charge in [-0.15, -0.1) is 0 Å². The van der Waals surface area contributed by atoms with E-state index in [1.54, 1.807) is 17.1 Å². The zero-order valence-corrected chi connectivity index (χ0v) is 16.2. The Hall–Kier alpha value is -3.73. The van der Waals surface area contributed by atoms with Crippen molar-refractivity contribution >= 4 is 5.91 Å². The van der Waals surface area contributed by atoms with Crippen LogP contribution >= 0.6 is 0 Å². The molecule has 2 aromatic heterocycles. The van der Waals surface area contributed by atoms with E-state index in [0.29, 0.717) is 24.2 Å². The van der Waals surface area contributed by atoms with Gasteiger partial charge in [-0.3, -0.25) is 9.78 Å². The van der Waals surface area contributed by atoms with Crippen LogP contribution < -0.4 is 5.32 Å². The molecule has 0 fully saturated rings. The van der Waals surface area contributed by atoms with Crippen LogP contribution in [-0.4, -0.2) is 27.2 Å². The SMILES string of the molecule is Cc1ccccc1-c1nn(-c2ccccc2)cc1C(=O)NCCc1ccccn1. The Kier molecular flexibility index (Phi) is 5.47. The third-order valence-electron chi connectivity index (χ3n) is 4.77. The summed E-state index contributed by atoms with van der Waals surface area (Å²) in [6.07, 6.45) is 4.24. The van der Waals surface area contributed by atoms with Crippen molar-refractivity contribution in [3.05, 3.63) is 102 Å². The lowest BCUT2D eigenvalue weighted by molar-refractivity contribution is 0.0954. The summed E-state index contributed by atoms with van der Waals surface area (Å²) < 4.78 is 1.76. The van der Waals surface area contributed by atoms with Gasteiger partial charge in [0, 0.05) is 36.6 Å². The third-order valence-corrected chi connectivity index (χ3v) is 4.77. The molecule has 5 nitrogen and oxygen atoms in total. The number of aromatic nitrogens is 3. The fraction of sp³-hybridized carbons (Fsp3) is 0.125. The minimum absolute atomic E-state index is 0.138. The second-order valence-corrected chi connectivity index (χ2v) is 6.81. The first-order valence-corrected chi connectivity index (χ1v) is 9.61. The number of hydrogen-bond donors (Lipinski definition) is 1. The Labute approximate surface area is 170 Å². The maximum atomic E-state index is 13.0. The quantitative estimate of drug-likeness (QED) is 0.543. The Balaban J connectivity index is 1.63. The Morgan fingerprint density at radius 1 is 0.966 bits per heavy atom. The molecule has 0 bridgehead atoms. The van der Waals surface area contributed by atoms with Gasteiger partial charge in [0.05, 0.1) is 11.3 Å². The molecule has 4 aromatic rings. The third kappa shape index (κ3) is 4.24. The van der Waals surface area contributed by atoms with Crippen LogP contribution in [0.2, 0.25) is 0 Å². The van der Waals surface area contributed by atoms with Gasteiger partial charge in [0.25, 0.3) is 5.91 Å². The van der Waals surface area contributed by atoms with Gasteiger partial charge in [-0.1, -0.05) is 48.5 Å². The minimum Gasteiger partial charge on any atom is -0.352 e. The molecule has 29 heavy (non-hydrogen) atoms. The summed E-state index contributed by atoms with van der Waals surface area (Å²) in [5.74, 6) is -0.138. The highest BCUT2D eigenvalue weighted by Gasteiger charge is 2.19. The molecular weight excluding hydrogens is 360 g/mol. The molecule has 0 atom stereocenters. The minimum atomic E-state index is -0.138. The zero-order valence-electron chi connectivity index (χ0n) is 16.2. The van der Waals surface area contributed by atoms with Crippen LogP contribution in [0.4, 0.5) is 0 Å². The van der Waals surface area contributed by atoms with Gasteiger partial charge in [0.15, 0.2) is 0 Å². The van der Waals surface area contributed by atoms with Gasteiger partial charge < -0.3 is 5.32 Å². The molecule has 0 spiro atoms. The van der Waals surface area contributed by atoms with Crippen molar-refractivity contribution in [1.82, 2.24) is 20.1 Å². The van der Waals surface area contributed by atoms with E-state index in [-0.39, 0.29) is 5.91 Å². The van der Waals surface area contributed by atoms with Gasteiger partial charge in [0.1, 0.15) is 5.69 Å². The highest BCUT2D eigenvalue weighted by atomic mass is 16.1. The molecule has 1 amide bonds. The molecule has 4 rings (SSSR count). The van der Waals surface area contributed by atoms with Crippen molar-refractivity contribution in [2.75, 3.05) is 6.54 Å². The number of benzene rings is 2. The summed E-state index contributed by atoms with van der Waals surface area (Å²) in [5, 5.41) is 7.75. The average molecular weight is 382 g/mol. The summed E-state index contributed by atoms with van der Waals surface area (Å²) in [4.78, 5) is 17.3. The molecule has 0 aliphatic carbocycles. The van der Waals surface area contributed by atoms with Gasteiger partial charge >= 0.3 is 0 Å². The van der Waals surface area contributed by atoms with Crippen molar-refractivity contribution in [3.8, 4) is 16.9 Å². The predicted octanol–water partition coefficient (Wildman–Crippen LogP) is 4.22. The summed E-state index contributed by atoms with van der Waals surface area (Å²) in [6.45, 7) is 2.54. The maximum Gasteiger partial charge on any atom is 0.255 e. The molecule has 0 saturated carbocycles. The van der Waals surface area contributed by atoms with Gasteiger partial charge in [-0.2, -0.15) is 5.10 Å². The molecule has 0 radical (unpaired) electrons. The number of amides is 1. The highest BCUT2D eigenvalue weighted by Crippen LogP contribution is 2.26. The molecule has 0 aliphatic heterocycles. The Morgan fingerprint density at radius 2 is 1.72 bits per heavy atom. The first-order valence-electron chi connectivity index (χ1n) is 9.61. The first kappa shape index (κ1) is 18.6. The standard InChI is InChI=1S/C24H22N4O/c1-18-9-5-6-13-21(18)23-22(17-28(27-23)20-11-3-2-4-12-20)24(29)26-16-14-19-10-7-8-15-25-19/h2-13,15,17H,14,16H2,1H3,(H,26,29). The largest absolute Gasteiger partial charge is 0.352 e. The lowest BCUT2D eigenvalue weighted by atomic mass is 10.0. The summed E-state index contributed by atoms with van der Waals surface area (Å²) in [5.41, 5.74) is 5.14. The first-order chi connectivity index (χ1) is 14.2. The molecule has 0 aliphatic rings. The Bertz CT molecular complexity index is 1100. The van der Waals surface area contributed by atoms with Crippen molar-refractivity contribution in [2.24, 2.45) is 0 Å². The topological polar surface area (TPSA) is 59.8 Å². The Morgan fingerprint density at radius 3 is 2.48 bits per heavy atom. The number of carbonyl (C=O) groups is 1. The van der Waals surface area contributed by atoms with Crippen molar-refractivity contribution in [1.29, 1.82) is 0 Å². The van der Waals surface area contributed by atoms with Gasteiger partial charge in [-0.05, 0) is 36.8 Å². The molecular formula is C24H22N4O. The normalized spacial score (nSPS) is 10.7. The predicted molar refractivity (Wildman–Crippen MR) is 114 cm³/mol. The van der Waals surface area contributed by atoms with Crippen LogP contribution in [0.25, 0.3) is 16.9 Å². The molecule has 1 N–H and O–H groups in total. The van der Waals surface area contributed by atoms with Gasteiger partial charge in [0.2, 0.25) is 0 Å². The summed E-state index contributed by atoms with van der Waals surface area (Å²) in [6, 6.07) is 23.6. The number of nitrogens with one attached hydrogen (secondary N) is 1. The van der Waals surface area contributed by atoms with Crippen molar-refractivity contribution in [3.63, 3.8) is 0 Å². The monoisotopic (exact) mass is 382 g/mol. The van der Waals surface area contributed by atoms with Crippen LogP contribution in [-0.2, 0) is 6.42 Å². The second kappa shape index (κ2) is 8.52. The van der Waals surface area contributed by atoms with E-state index in [0.717, 1.165) is 22.5 Å². The number of aryl methyl sites for hydroxylation is 1. The number of rotatable bonds is 6. The van der Waals surface area contributed by atoms with Crippen molar-refractivity contribution < 1.29 is 4.79 Å². The molecule has 2 heterocycles. The molecule has 0 unspecified atom stereocenters. The number of nitrogens with zero attached hydrogens (tertiary/aromatic N) is 3. The number of pyridine rings is 1. The van der Waals surface area contributed by atoms with Crippen LogP contribution in [0.1, 0.15) is 21.6 Å². The zero-order chi connectivity index (χ0) is 20.1. The average Bonchev–Trinajstić information content (AvgIpc) is 3.21. The molecule has 5 heteroatoms. The van der Waals surface area contributed by atoms with Crippen LogP contribution in [0.3, 0.4) is 0 Å². The number of para-hydroxylation sites is 1. The van der Waals surface area contributed by atoms with Crippen LogP contribution in [0.5, 0.6) is 0 Å². The molecule has 144 valence electrons. The fourth-order valence-corrected chi connectivity index (χ4v) is 3.24. The van der Waals surface area contributed by atoms with Crippen molar-refractivity contribution in [2.45, 2.75) is 13.3 Å². The molecule has 0 saturated heterocycles. The summed E-state index contributed by atoms with van der Waals surface area (Å²) >= 11 is 0. The van der Waals surface area contributed by atoms with Crippen LogP contribution in [0, 0.1) is 6.92 Å². The van der Waals surface area contributed by atoms with Gasteiger partial charge in [-0.25, -0.2) is 4.68 Å². The second-order valence-electron chi connectivity index (χ2n) is 6.81. The number of hydrogen-bond acceptors (Lipinski definition) is 3. The number of carbonyl (C=O) groups excluding carboxylic acids is 1. The maximum absolute atomic E-state index is 13.0. The smallest absolute Gasteiger partial charge is 0.255 e. The lowest BCUT2D eigenvalue weighted by Crippen LogP contribution is -2.26. The van der Waals surface area contributed by atoms with E-state index in [4.69, 9.17) is 5.10 Å². The van der Waals surface area contributed by atoms with E-state index in [1.165, 1.54) is 0 Å². The lowest BCUT2D eigenvalue weighted by Gasteiger charge is -2.07. The highest BCUT2D eigenvalue weighted by molar-refractivity contribution is 6.00. The van der Waals surface area contributed by atoms with Crippen LogP contribution in [0.15, 0.2) is 85.2 Å². The van der Waals surface area contributed by atoms with E-state index in [1.807, 2.05) is 79.7 Å². The molecule has 2 aromatic carbocycles. The van der Waals surface area contributed by atoms with E-state index in [2.05, 4.69) is 10.3 Å². The fourth-order valence-electron chi connectivity index (χ4n) is 3.24. The van der Waals surface area contributed by atoms with E-state index in [9.17, 15) is 4.79 Å². The van der Waals surface area contributed by atoms with E-state index >= 15 is 0 Å².